The van der Waals surface area contributed by atoms with Crippen LogP contribution in [0.4, 0.5) is 0 Å². The maximum Gasteiger partial charge on any atom is 0.254 e. The first-order chi connectivity index (χ1) is 13.8. The fourth-order valence-electron chi connectivity index (χ4n) is 3.80. The Hall–Kier alpha value is -3.15. The van der Waals surface area contributed by atoms with Crippen LogP contribution in [0.5, 0.6) is 5.75 Å². The zero-order valence-electron chi connectivity index (χ0n) is 16.0. The maximum atomic E-state index is 13.3. The van der Waals surface area contributed by atoms with Gasteiger partial charge in [0.25, 0.3) is 5.91 Å². The Kier molecular flexibility index (Phi) is 5.37. The SMILES string of the molecule is COc1ccc(C2CCCCCN2C(=O)c2ccc(-n3cnnc3)cc2)cc1. The van der Waals surface area contributed by atoms with Gasteiger partial charge >= 0.3 is 0 Å². The van der Waals surface area contributed by atoms with Crippen molar-refractivity contribution in [2.45, 2.75) is 31.7 Å². The maximum absolute atomic E-state index is 13.3. The van der Waals surface area contributed by atoms with Gasteiger partial charge in [0.1, 0.15) is 18.4 Å². The molecular weight excluding hydrogens is 352 g/mol. The van der Waals surface area contributed by atoms with Gasteiger partial charge in [0.05, 0.1) is 13.2 Å². The van der Waals surface area contributed by atoms with Gasteiger partial charge in [-0.05, 0) is 54.8 Å². The molecule has 4 rings (SSSR count). The van der Waals surface area contributed by atoms with Crippen LogP contribution in [0.1, 0.15) is 47.6 Å². The molecule has 1 aromatic heterocycles. The van der Waals surface area contributed by atoms with Crippen LogP contribution in [0.25, 0.3) is 5.69 Å². The number of hydrogen-bond donors (Lipinski definition) is 0. The fraction of sp³-hybridized carbons (Fsp3) is 0.318. The molecule has 3 aromatic rings. The monoisotopic (exact) mass is 376 g/mol. The first-order valence-corrected chi connectivity index (χ1v) is 9.66. The van der Waals surface area contributed by atoms with E-state index >= 15 is 0 Å². The van der Waals surface area contributed by atoms with Gasteiger partial charge in [-0.2, -0.15) is 0 Å². The third-order valence-electron chi connectivity index (χ3n) is 5.35. The lowest BCUT2D eigenvalue weighted by Gasteiger charge is -2.31. The van der Waals surface area contributed by atoms with E-state index in [4.69, 9.17) is 4.74 Å². The summed E-state index contributed by atoms with van der Waals surface area (Å²) >= 11 is 0. The van der Waals surface area contributed by atoms with Gasteiger partial charge in [-0.1, -0.05) is 25.0 Å². The van der Waals surface area contributed by atoms with E-state index in [0.29, 0.717) is 5.56 Å². The molecule has 1 aliphatic rings. The summed E-state index contributed by atoms with van der Waals surface area (Å²) in [5.41, 5.74) is 2.80. The number of carbonyl (C=O) groups excluding carboxylic acids is 1. The van der Waals surface area contributed by atoms with Crippen molar-refractivity contribution in [3.8, 4) is 11.4 Å². The number of rotatable bonds is 4. The molecule has 0 aliphatic carbocycles. The van der Waals surface area contributed by atoms with Crippen LogP contribution in [-0.2, 0) is 0 Å². The van der Waals surface area contributed by atoms with E-state index < -0.39 is 0 Å². The molecule has 0 N–H and O–H groups in total. The summed E-state index contributed by atoms with van der Waals surface area (Å²) in [5.74, 6) is 0.915. The average molecular weight is 376 g/mol. The molecule has 1 atom stereocenters. The topological polar surface area (TPSA) is 60.2 Å². The van der Waals surface area contributed by atoms with E-state index in [1.54, 1.807) is 19.8 Å². The van der Waals surface area contributed by atoms with Gasteiger partial charge in [0.2, 0.25) is 0 Å². The summed E-state index contributed by atoms with van der Waals surface area (Å²) in [6, 6.07) is 15.8. The second-order valence-corrected chi connectivity index (χ2v) is 7.05. The Morgan fingerprint density at radius 3 is 2.36 bits per heavy atom. The second kappa shape index (κ2) is 8.25. The van der Waals surface area contributed by atoms with Gasteiger partial charge in [-0.15, -0.1) is 10.2 Å². The predicted octanol–water partition coefficient (Wildman–Crippen LogP) is 4.03. The molecule has 1 fully saturated rings. The van der Waals surface area contributed by atoms with Gasteiger partial charge in [-0.3, -0.25) is 9.36 Å². The summed E-state index contributed by atoms with van der Waals surface area (Å²) in [7, 11) is 1.67. The normalized spacial score (nSPS) is 17.2. The van der Waals surface area contributed by atoms with Crippen LogP contribution >= 0.6 is 0 Å². The standard InChI is InChI=1S/C22H24N4O2/c1-28-20-12-8-17(9-13-20)21-5-3-2-4-14-26(21)22(27)18-6-10-19(11-7-18)25-15-23-24-16-25/h6-13,15-16,21H,2-5,14H2,1H3. The summed E-state index contributed by atoms with van der Waals surface area (Å²) in [6.45, 7) is 0.780. The van der Waals surface area contributed by atoms with E-state index in [2.05, 4.69) is 22.3 Å². The minimum atomic E-state index is 0.0815. The highest BCUT2D eigenvalue weighted by molar-refractivity contribution is 5.94. The Bertz CT molecular complexity index is 905. The number of benzene rings is 2. The molecule has 2 aromatic carbocycles. The number of hydrogen-bond acceptors (Lipinski definition) is 4. The van der Waals surface area contributed by atoms with E-state index in [-0.39, 0.29) is 11.9 Å². The smallest absolute Gasteiger partial charge is 0.254 e. The molecule has 6 heteroatoms. The van der Waals surface area contributed by atoms with Crippen molar-refractivity contribution in [1.82, 2.24) is 19.7 Å². The van der Waals surface area contributed by atoms with E-state index in [1.165, 1.54) is 0 Å². The zero-order valence-corrected chi connectivity index (χ0v) is 16.0. The molecule has 2 heterocycles. The minimum absolute atomic E-state index is 0.0815. The van der Waals surface area contributed by atoms with E-state index in [0.717, 1.165) is 49.2 Å². The van der Waals surface area contributed by atoms with Crippen molar-refractivity contribution in [2.75, 3.05) is 13.7 Å². The third kappa shape index (κ3) is 3.76. The number of aromatic nitrogens is 3. The molecule has 1 aliphatic heterocycles. The highest BCUT2D eigenvalue weighted by atomic mass is 16.5. The lowest BCUT2D eigenvalue weighted by atomic mass is 10.00. The van der Waals surface area contributed by atoms with Crippen LogP contribution in [0.15, 0.2) is 61.2 Å². The summed E-state index contributed by atoms with van der Waals surface area (Å²) in [5, 5.41) is 7.65. The summed E-state index contributed by atoms with van der Waals surface area (Å²) < 4.78 is 7.10. The van der Waals surface area contributed by atoms with Gasteiger partial charge in [-0.25, -0.2) is 0 Å². The van der Waals surface area contributed by atoms with Crippen LogP contribution in [0.3, 0.4) is 0 Å². The quantitative estimate of drug-likeness (QED) is 0.690. The average Bonchev–Trinajstić information content (AvgIpc) is 3.18. The Morgan fingerprint density at radius 1 is 0.964 bits per heavy atom. The molecule has 0 saturated carbocycles. The van der Waals surface area contributed by atoms with Crippen molar-refractivity contribution in [3.63, 3.8) is 0 Å². The van der Waals surface area contributed by atoms with Crippen molar-refractivity contribution < 1.29 is 9.53 Å². The highest BCUT2D eigenvalue weighted by Crippen LogP contribution is 2.32. The second-order valence-electron chi connectivity index (χ2n) is 7.05. The molecule has 1 unspecified atom stereocenters. The zero-order chi connectivity index (χ0) is 19.3. The first-order valence-electron chi connectivity index (χ1n) is 9.66. The molecule has 0 bridgehead atoms. The Labute approximate surface area is 164 Å². The number of amides is 1. The predicted molar refractivity (Wildman–Crippen MR) is 107 cm³/mol. The summed E-state index contributed by atoms with van der Waals surface area (Å²) in [4.78, 5) is 15.4. The fourth-order valence-corrected chi connectivity index (χ4v) is 3.80. The van der Waals surface area contributed by atoms with Gasteiger partial charge in [0, 0.05) is 17.8 Å². The van der Waals surface area contributed by atoms with Gasteiger partial charge in [0.15, 0.2) is 0 Å². The molecule has 6 nitrogen and oxygen atoms in total. The van der Waals surface area contributed by atoms with Crippen molar-refractivity contribution >= 4 is 5.91 Å². The molecule has 28 heavy (non-hydrogen) atoms. The largest absolute Gasteiger partial charge is 0.497 e. The van der Waals surface area contributed by atoms with E-state index in [9.17, 15) is 4.79 Å². The van der Waals surface area contributed by atoms with Crippen LogP contribution in [0.2, 0.25) is 0 Å². The number of methoxy groups -OCH3 is 1. The molecular formula is C22H24N4O2. The third-order valence-corrected chi connectivity index (χ3v) is 5.35. The Balaban J connectivity index is 1.59. The highest BCUT2D eigenvalue weighted by Gasteiger charge is 2.27. The van der Waals surface area contributed by atoms with Crippen LogP contribution < -0.4 is 4.74 Å². The number of carbonyl (C=O) groups is 1. The van der Waals surface area contributed by atoms with Crippen LogP contribution in [-0.4, -0.2) is 39.2 Å². The number of nitrogens with zero attached hydrogens (tertiary/aromatic N) is 4. The first kappa shape index (κ1) is 18.2. The van der Waals surface area contributed by atoms with Crippen molar-refractivity contribution in [3.05, 3.63) is 72.3 Å². The summed E-state index contributed by atoms with van der Waals surface area (Å²) in [6.07, 6.45) is 7.60. The Morgan fingerprint density at radius 2 is 1.68 bits per heavy atom. The van der Waals surface area contributed by atoms with E-state index in [1.807, 2.05) is 45.9 Å². The molecule has 0 radical (unpaired) electrons. The lowest BCUT2D eigenvalue weighted by molar-refractivity contribution is 0.0681. The molecule has 1 amide bonds. The molecule has 0 spiro atoms. The van der Waals surface area contributed by atoms with Crippen molar-refractivity contribution in [2.24, 2.45) is 0 Å². The molecule has 144 valence electrons. The van der Waals surface area contributed by atoms with Crippen molar-refractivity contribution in [1.29, 1.82) is 0 Å². The lowest BCUT2D eigenvalue weighted by Crippen LogP contribution is -2.34. The number of likely N-dealkylation sites (tertiary alicyclic amines) is 1. The minimum Gasteiger partial charge on any atom is -0.497 e. The number of ether oxygens (including phenoxy) is 1. The van der Waals surface area contributed by atoms with Crippen LogP contribution in [0, 0.1) is 0 Å². The molecule has 1 saturated heterocycles. The van der Waals surface area contributed by atoms with Gasteiger partial charge < -0.3 is 9.64 Å².